The second-order valence-electron chi connectivity index (χ2n) is 1.57. The SMILES string of the molecule is FCC/C(=C/Cl)C(F)(F)F. The molecule has 5 heteroatoms. The van der Waals surface area contributed by atoms with Crippen molar-refractivity contribution in [3.8, 4) is 0 Å². The zero-order chi connectivity index (χ0) is 8.20. The van der Waals surface area contributed by atoms with Gasteiger partial charge in [-0.05, 0) is 0 Å². The van der Waals surface area contributed by atoms with Crippen LogP contribution in [0.15, 0.2) is 11.1 Å². The number of alkyl halides is 4. The standard InChI is InChI=1S/C5H5ClF4/c6-3-4(1-2-7)5(8,9)10/h3H,1-2H2/b4-3-. The maximum absolute atomic E-state index is 11.6. The van der Waals surface area contributed by atoms with Crippen LogP contribution in [0.2, 0.25) is 0 Å². The summed E-state index contributed by atoms with van der Waals surface area (Å²) in [6.45, 7) is -1.04. The van der Waals surface area contributed by atoms with E-state index in [-0.39, 0.29) is 0 Å². The van der Waals surface area contributed by atoms with E-state index in [4.69, 9.17) is 11.6 Å². The van der Waals surface area contributed by atoms with Crippen LogP contribution in [0.5, 0.6) is 0 Å². The van der Waals surface area contributed by atoms with Crippen LogP contribution in [0.1, 0.15) is 6.42 Å². The van der Waals surface area contributed by atoms with Crippen molar-refractivity contribution in [2.24, 2.45) is 0 Å². The average molecular weight is 177 g/mol. The minimum Gasteiger partial charge on any atom is -0.251 e. The molecular weight excluding hydrogens is 171 g/mol. The molecule has 0 aliphatic rings. The third-order valence-electron chi connectivity index (χ3n) is 0.860. The highest BCUT2D eigenvalue weighted by Gasteiger charge is 2.32. The fraction of sp³-hybridized carbons (Fsp3) is 0.600. The maximum Gasteiger partial charge on any atom is 0.413 e. The van der Waals surface area contributed by atoms with Crippen LogP contribution in [-0.2, 0) is 0 Å². The average Bonchev–Trinajstić information content (AvgIpc) is 1.80. The Morgan fingerprint density at radius 1 is 1.40 bits per heavy atom. The van der Waals surface area contributed by atoms with Crippen molar-refractivity contribution in [1.29, 1.82) is 0 Å². The zero-order valence-corrected chi connectivity index (χ0v) is 5.64. The zero-order valence-electron chi connectivity index (χ0n) is 4.88. The summed E-state index contributed by atoms with van der Waals surface area (Å²) >= 11 is 4.78. The molecule has 0 unspecified atom stereocenters. The summed E-state index contributed by atoms with van der Waals surface area (Å²) in [6.07, 6.45) is -5.17. The smallest absolute Gasteiger partial charge is 0.251 e. The van der Waals surface area contributed by atoms with Crippen molar-refractivity contribution in [1.82, 2.24) is 0 Å². The minimum atomic E-state index is -4.49. The first-order valence-corrected chi connectivity index (χ1v) is 2.88. The Labute approximate surface area is 60.5 Å². The van der Waals surface area contributed by atoms with Gasteiger partial charge in [-0.2, -0.15) is 13.2 Å². The van der Waals surface area contributed by atoms with Crippen LogP contribution in [0, 0.1) is 0 Å². The van der Waals surface area contributed by atoms with E-state index in [0.29, 0.717) is 5.54 Å². The highest BCUT2D eigenvalue weighted by Crippen LogP contribution is 2.28. The lowest BCUT2D eigenvalue weighted by molar-refractivity contribution is -0.0942. The Hall–Kier alpha value is -0.250. The molecule has 0 aliphatic heterocycles. The molecule has 0 rings (SSSR count). The molecule has 0 atom stereocenters. The Kier molecular flexibility index (Phi) is 3.71. The van der Waals surface area contributed by atoms with Crippen LogP contribution < -0.4 is 0 Å². The Bertz CT molecular complexity index is 126. The molecule has 10 heavy (non-hydrogen) atoms. The number of allylic oxidation sites excluding steroid dienone is 1. The first-order valence-electron chi connectivity index (χ1n) is 2.44. The summed E-state index contributed by atoms with van der Waals surface area (Å²) < 4.78 is 46.1. The van der Waals surface area contributed by atoms with Crippen LogP contribution in [-0.4, -0.2) is 12.9 Å². The van der Waals surface area contributed by atoms with Crippen LogP contribution in [0.4, 0.5) is 17.6 Å². The van der Waals surface area contributed by atoms with E-state index < -0.39 is 24.8 Å². The molecule has 0 aliphatic carbocycles. The van der Waals surface area contributed by atoms with E-state index in [2.05, 4.69) is 0 Å². The summed E-state index contributed by atoms with van der Waals surface area (Å²) in [5.41, 5.74) is -0.670. The second kappa shape index (κ2) is 3.81. The molecule has 0 spiro atoms. The van der Waals surface area contributed by atoms with Gasteiger partial charge in [0, 0.05) is 17.5 Å². The normalized spacial score (nSPS) is 13.9. The van der Waals surface area contributed by atoms with Crippen LogP contribution >= 0.6 is 11.6 Å². The Balaban J connectivity index is 4.10. The molecule has 0 aromatic carbocycles. The van der Waals surface area contributed by atoms with Crippen LogP contribution in [0.3, 0.4) is 0 Å². The van der Waals surface area contributed by atoms with Crippen molar-refractivity contribution >= 4 is 11.6 Å². The topological polar surface area (TPSA) is 0 Å². The van der Waals surface area contributed by atoms with E-state index in [1.165, 1.54) is 0 Å². The van der Waals surface area contributed by atoms with Crippen molar-refractivity contribution in [2.45, 2.75) is 12.6 Å². The van der Waals surface area contributed by atoms with E-state index in [0.717, 1.165) is 0 Å². The quantitative estimate of drug-likeness (QED) is 0.568. The molecule has 0 aromatic heterocycles. The molecule has 60 valence electrons. The molecule has 0 N–H and O–H groups in total. The molecule has 0 amide bonds. The number of halogens is 5. The first kappa shape index (κ1) is 9.75. The summed E-state index contributed by atoms with van der Waals surface area (Å²) in [5.74, 6) is 0. The third-order valence-corrected chi connectivity index (χ3v) is 1.12. The number of hydrogen-bond acceptors (Lipinski definition) is 0. The molecule has 0 heterocycles. The highest BCUT2D eigenvalue weighted by molar-refractivity contribution is 6.25. The minimum absolute atomic E-state index is 0.361. The van der Waals surface area contributed by atoms with Crippen molar-refractivity contribution < 1.29 is 17.6 Å². The summed E-state index contributed by atoms with van der Waals surface area (Å²) in [4.78, 5) is 0. The lowest BCUT2D eigenvalue weighted by atomic mass is 10.2. The van der Waals surface area contributed by atoms with Crippen molar-refractivity contribution in [3.63, 3.8) is 0 Å². The Morgan fingerprint density at radius 3 is 2.00 bits per heavy atom. The van der Waals surface area contributed by atoms with Crippen molar-refractivity contribution in [3.05, 3.63) is 11.1 Å². The molecule has 0 radical (unpaired) electrons. The second-order valence-corrected chi connectivity index (χ2v) is 1.79. The summed E-state index contributed by atoms with van der Waals surface area (Å²) in [5, 5.41) is 0. The predicted molar refractivity (Wildman–Crippen MR) is 30.6 cm³/mol. The van der Waals surface area contributed by atoms with E-state index >= 15 is 0 Å². The number of rotatable bonds is 2. The predicted octanol–water partition coefficient (Wildman–Crippen LogP) is 3.03. The molecule has 0 nitrogen and oxygen atoms in total. The molecule has 0 fully saturated rings. The molecule has 0 saturated carbocycles. The third kappa shape index (κ3) is 3.06. The molecule has 0 aromatic rings. The lowest BCUT2D eigenvalue weighted by Gasteiger charge is -2.07. The molecular formula is C5H5ClF4. The fourth-order valence-electron chi connectivity index (χ4n) is 0.360. The number of hydrogen-bond donors (Lipinski definition) is 0. The largest absolute Gasteiger partial charge is 0.413 e. The van der Waals surface area contributed by atoms with Crippen molar-refractivity contribution in [2.75, 3.05) is 6.67 Å². The lowest BCUT2D eigenvalue weighted by Crippen LogP contribution is -2.11. The van der Waals surface area contributed by atoms with Gasteiger partial charge < -0.3 is 0 Å². The molecule has 0 bridgehead atoms. The summed E-state index contributed by atoms with van der Waals surface area (Å²) in [7, 11) is 0. The van der Waals surface area contributed by atoms with Gasteiger partial charge >= 0.3 is 6.18 Å². The van der Waals surface area contributed by atoms with Gasteiger partial charge in [-0.25, -0.2) is 0 Å². The Morgan fingerprint density at radius 2 is 1.90 bits per heavy atom. The van der Waals surface area contributed by atoms with E-state index in [9.17, 15) is 17.6 Å². The van der Waals surface area contributed by atoms with Crippen LogP contribution in [0.25, 0.3) is 0 Å². The monoisotopic (exact) mass is 176 g/mol. The van der Waals surface area contributed by atoms with E-state index in [1.807, 2.05) is 0 Å². The molecule has 0 saturated heterocycles. The fourth-order valence-corrected chi connectivity index (χ4v) is 0.593. The van der Waals surface area contributed by atoms with E-state index in [1.54, 1.807) is 0 Å². The van der Waals surface area contributed by atoms with Gasteiger partial charge in [0.05, 0.1) is 6.67 Å². The van der Waals surface area contributed by atoms with Gasteiger partial charge in [-0.15, -0.1) is 0 Å². The first-order chi connectivity index (χ1) is 4.52. The van der Waals surface area contributed by atoms with Gasteiger partial charge in [-0.1, -0.05) is 11.6 Å². The van der Waals surface area contributed by atoms with Gasteiger partial charge in [0.2, 0.25) is 0 Å². The maximum atomic E-state index is 11.6. The van der Waals surface area contributed by atoms with Gasteiger partial charge in [-0.3, -0.25) is 4.39 Å². The summed E-state index contributed by atoms with van der Waals surface area (Å²) in [6, 6.07) is 0. The van der Waals surface area contributed by atoms with Gasteiger partial charge in [0.15, 0.2) is 0 Å². The van der Waals surface area contributed by atoms with Gasteiger partial charge in [0.25, 0.3) is 0 Å². The van der Waals surface area contributed by atoms with Gasteiger partial charge in [0.1, 0.15) is 0 Å². The highest BCUT2D eigenvalue weighted by atomic mass is 35.5.